The van der Waals surface area contributed by atoms with Gasteiger partial charge in [-0.25, -0.2) is 0 Å². The van der Waals surface area contributed by atoms with Gasteiger partial charge in [-0.15, -0.1) is 13.2 Å². The van der Waals surface area contributed by atoms with E-state index in [4.69, 9.17) is 0 Å². The highest BCUT2D eigenvalue weighted by molar-refractivity contribution is 5.78. The van der Waals surface area contributed by atoms with E-state index < -0.39 is 0 Å². The van der Waals surface area contributed by atoms with Crippen molar-refractivity contribution in [3.05, 3.63) is 84.0 Å². The fourth-order valence-electron chi connectivity index (χ4n) is 4.71. The van der Waals surface area contributed by atoms with Gasteiger partial charge < -0.3 is 10.2 Å². The number of phenolic OH excluding ortho intramolecular Hbond substituents is 2. The lowest BCUT2D eigenvalue weighted by atomic mass is 9.71. The highest BCUT2D eigenvalue weighted by Crippen LogP contribution is 2.47. The summed E-state index contributed by atoms with van der Waals surface area (Å²) in [6.45, 7) is 14.4. The molecule has 0 bridgehead atoms. The van der Waals surface area contributed by atoms with Crippen LogP contribution in [-0.4, -0.2) is 10.2 Å². The Balaban J connectivity index is 2.22. The summed E-state index contributed by atoms with van der Waals surface area (Å²) in [6.07, 6.45) is 9.74. The first-order valence-electron chi connectivity index (χ1n) is 10.9. The smallest absolute Gasteiger partial charge is 0.127 e. The molecule has 2 heteroatoms. The molecule has 2 atom stereocenters. The summed E-state index contributed by atoms with van der Waals surface area (Å²) in [5.74, 6) is 1.62. The van der Waals surface area contributed by atoms with Gasteiger partial charge in [-0.05, 0) is 73.8 Å². The Kier molecular flexibility index (Phi) is 6.87. The first-order valence-corrected chi connectivity index (χ1v) is 10.9. The molecule has 0 amide bonds. The van der Waals surface area contributed by atoms with Gasteiger partial charge in [0, 0.05) is 22.6 Å². The van der Waals surface area contributed by atoms with Gasteiger partial charge in [-0.1, -0.05) is 49.8 Å². The second-order valence-electron chi connectivity index (χ2n) is 8.90. The number of rotatable bonds is 7. The zero-order valence-electron chi connectivity index (χ0n) is 18.5. The Bertz CT molecular complexity index is 965. The molecule has 1 aliphatic carbocycles. The normalized spacial score (nSPS) is 18.9. The van der Waals surface area contributed by atoms with Crippen molar-refractivity contribution in [1.82, 2.24) is 0 Å². The van der Waals surface area contributed by atoms with E-state index in [0.29, 0.717) is 29.4 Å². The lowest BCUT2D eigenvalue weighted by Crippen LogP contribution is -2.21. The van der Waals surface area contributed by atoms with Crippen molar-refractivity contribution < 1.29 is 10.2 Å². The molecule has 0 saturated carbocycles. The monoisotopic (exact) mass is 402 g/mol. The van der Waals surface area contributed by atoms with E-state index in [1.807, 2.05) is 30.4 Å². The van der Waals surface area contributed by atoms with Crippen LogP contribution in [0.25, 0.3) is 11.1 Å². The average Bonchev–Trinajstić information content (AvgIpc) is 2.71. The molecule has 0 saturated heterocycles. The number of allylic oxidation sites excluding steroid dienone is 4. The highest BCUT2D eigenvalue weighted by Gasteiger charge is 2.30. The minimum absolute atomic E-state index is 0.167. The topological polar surface area (TPSA) is 40.5 Å². The molecule has 2 aromatic carbocycles. The molecule has 0 fully saturated rings. The maximum Gasteiger partial charge on any atom is 0.127 e. The molecule has 2 aromatic rings. The summed E-state index contributed by atoms with van der Waals surface area (Å²) in [5, 5.41) is 22.0. The number of benzene rings is 2. The van der Waals surface area contributed by atoms with Gasteiger partial charge >= 0.3 is 0 Å². The van der Waals surface area contributed by atoms with E-state index in [9.17, 15) is 10.2 Å². The summed E-state index contributed by atoms with van der Waals surface area (Å²) in [4.78, 5) is 0. The Labute approximate surface area is 181 Å². The van der Waals surface area contributed by atoms with E-state index in [0.717, 1.165) is 36.0 Å². The largest absolute Gasteiger partial charge is 0.507 e. The quantitative estimate of drug-likeness (QED) is 0.476. The Morgan fingerprint density at radius 2 is 1.67 bits per heavy atom. The average molecular weight is 403 g/mol. The molecule has 2 N–H and O–H groups in total. The molecule has 3 rings (SSSR count). The fourth-order valence-corrected chi connectivity index (χ4v) is 4.71. The summed E-state index contributed by atoms with van der Waals surface area (Å²) >= 11 is 0. The zero-order chi connectivity index (χ0) is 21.8. The first kappa shape index (κ1) is 22.0. The zero-order valence-corrected chi connectivity index (χ0v) is 18.5. The molecule has 0 heterocycles. The van der Waals surface area contributed by atoms with Crippen LogP contribution in [0.15, 0.2) is 67.3 Å². The van der Waals surface area contributed by atoms with Crippen LogP contribution in [0, 0.1) is 11.8 Å². The molecule has 0 spiro atoms. The summed E-state index contributed by atoms with van der Waals surface area (Å²) in [7, 11) is 0. The van der Waals surface area contributed by atoms with Crippen molar-refractivity contribution in [3.8, 4) is 22.6 Å². The third kappa shape index (κ3) is 4.53. The van der Waals surface area contributed by atoms with Crippen LogP contribution in [0.2, 0.25) is 0 Å². The van der Waals surface area contributed by atoms with Crippen molar-refractivity contribution in [2.24, 2.45) is 11.8 Å². The molecule has 0 radical (unpaired) electrons. The second-order valence-corrected chi connectivity index (χ2v) is 8.90. The van der Waals surface area contributed by atoms with E-state index in [-0.39, 0.29) is 17.4 Å². The second kappa shape index (κ2) is 9.38. The minimum Gasteiger partial charge on any atom is -0.507 e. The predicted octanol–water partition coefficient (Wildman–Crippen LogP) is 7.32. The van der Waals surface area contributed by atoms with Crippen molar-refractivity contribution >= 4 is 0 Å². The van der Waals surface area contributed by atoms with Crippen LogP contribution in [0.4, 0.5) is 0 Å². The lowest BCUT2D eigenvalue weighted by Gasteiger charge is -2.34. The van der Waals surface area contributed by atoms with E-state index in [1.165, 1.54) is 5.57 Å². The lowest BCUT2D eigenvalue weighted by molar-refractivity contribution is 0.310. The third-order valence-electron chi connectivity index (χ3n) is 6.32. The van der Waals surface area contributed by atoms with Crippen molar-refractivity contribution in [3.63, 3.8) is 0 Å². The Hall–Kier alpha value is -2.74. The Morgan fingerprint density at radius 3 is 2.33 bits per heavy atom. The first-order chi connectivity index (χ1) is 14.3. The van der Waals surface area contributed by atoms with Gasteiger partial charge in [0.15, 0.2) is 0 Å². The van der Waals surface area contributed by atoms with Crippen LogP contribution >= 0.6 is 0 Å². The van der Waals surface area contributed by atoms with Gasteiger partial charge in [-0.2, -0.15) is 0 Å². The molecule has 1 unspecified atom stereocenters. The Morgan fingerprint density at radius 1 is 1.00 bits per heavy atom. The predicted molar refractivity (Wildman–Crippen MR) is 127 cm³/mol. The van der Waals surface area contributed by atoms with Crippen LogP contribution in [0.3, 0.4) is 0 Å². The van der Waals surface area contributed by atoms with Crippen molar-refractivity contribution in [1.29, 1.82) is 0 Å². The SMILES string of the molecule is C=CCc1ccc(O)c(-c2cc(CC=C)cc(C3C=C(C)CC[C@@H]3C(C)C)c2O)c1. The number of phenols is 2. The van der Waals surface area contributed by atoms with Crippen LogP contribution in [0.1, 0.15) is 56.2 Å². The molecule has 0 aromatic heterocycles. The fraction of sp³-hybridized carbons (Fsp3) is 0.357. The van der Waals surface area contributed by atoms with Crippen LogP contribution in [-0.2, 0) is 12.8 Å². The molecule has 30 heavy (non-hydrogen) atoms. The van der Waals surface area contributed by atoms with E-state index in [2.05, 4.69) is 46.1 Å². The van der Waals surface area contributed by atoms with E-state index in [1.54, 1.807) is 6.07 Å². The van der Waals surface area contributed by atoms with Gasteiger partial charge in [-0.3, -0.25) is 0 Å². The number of aromatic hydroxyl groups is 2. The van der Waals surface area contributed by atoms with Gasteiger partial charge in [0.1, 0.15) is 11.5 Å². The molecule has 1 aliphatic rings. The minimum atomic E-state index is 0.167. The standard InChI is InChI=1S/C28H34O2/c1-6-8-20-11-13-27(29)24(15-20)26-17-21(9-7-2)16-25(28(26)30)23-14-19(5)10-12-22(23)18(3)4/h6-7,11,13-18,22-23,29-30H,1-2,8-10,12H2,3-5H3/t22-,23?/m1/s1. The summed E-state index contributed by atoms with van der Waals surface area (Å²) in [6, 6.07) is 9.66. The molecule has 0 aliphatic heterocycles. The molecular formula is C28H34O2. The van der Waals surface area contributed by atoms with Gasteiger partial charge in [0.05, 0.1) is 0 Å². The summed E-state index contributed by atoms with van der Waals surface area (Å²) < 4.78 is 0. The summed E-state index contributed by atoms with van der Waals surface area (Å²) in [5.41, 5.74) is 5.84. The van der Waals surface area contributed by atoms with Crippen LogP contribution < -0.4 is 0 Å². The van der Waals surface area contributed by atoms with Gasteiger partial charge in [0.2, 0.25) is 0 Å². The molecule has 2 nitrogen and oxygen atoms in total. The molecular weight excluding hydrogens is 368 g/mol. The third-order valence-corrected chi connectivity index (χ3v) is 6.32. The van der Waals surface area contributed by atoms with Crippen LogP contribution in [0.5, 0.6) is 11.5 Å². The number of hydrogen-bond acceptors (Lipinski definition) is 2. The van der Waals surface area contributed by atoms with Crippen molar-refractivity contribution in [2.75, 3.05) is 0 Å². The highest BCUT2D eigenvalue weighted by atomic mass is 16.3. The molecule has 158 valence electrons. The number of hydrogen-bond donors (Lipinski definition) is 2. The van der Waals surface area contributed by atoms with Crippen molar-refractivity contribution in [2.45, 2.75) is 52.4 Å². The van der Waals surface area contributed by atoms with E-state index >= 15 is 0 Å². The maximum atomic E-state index is 11.4. The van der Waals surface area contributed by atoms with Gasteiger partial charge in [0.25, 0.3) is 0 Å². The maximum absolute atomic E-state index is 11.4.